The van der Waals surface area contributed by atoms with Gasteiger partial charge in [0.1, 0.15) is 5.82 Å². The number of rotatable bonds is 2. The van der Waals surface area contributed by atoms with Crippen LogP contribution in [0.5, 0.6) is 0 Å². The van der Waals surface area contributed by atoms with Crippen LogP contribution < -0.4 is 0 Å². The summed E-state index contributed by atoms with van der Waals surface area (Å²) in [4.78, 5) is 0. The fourth-order valence-electron chi connectivity index (χ4n) is 1.61. The molecular weight excluding hydrogens is 212 g/mol. The van der Waals surface area contributed by atoms with E-state index in [4.69, 9.17) is 0 Å². The molecule has 0 aliphatic carbocycles. The molecule has 0 fully saturated rings. The Bertz CT molecular complexity index is 520. The molecule has 0 amide bonds. The Labute approximate surface area is 91.7 Å². The zero-order chi connectivity index (χ0) is 11.7. The summed E-state index contributed by atoms with van der Waals surface area (Å²) in [5, 5.41) is 7.86. The van der Waals surface area contributed by atoms with E-state index in [0.29, 0.717) is 17.9 Å². The van der Waals surface area contributed by atoms with Gasteiger partial charge in [-0.05, 0) is 32.0 Å². The van der Waals surface area contributed by atoms with Crippen molar-refractivity contribution in [1.82, 2.24) is 14.8 Å². The predicted octanol–water partition coefficient (Wildman–Crippen LogP) is 2.55. The highest BCUT2D eigenvalue weighted by atomic mass is 19.2. The van der Waals surface area contributed by atoms with Crippen LogP contribution in [0.1, 0.15) is 12.7 Å². The smallest absolute Gasteiger partial charge is 0.164 e. The van der Waals surface area contributed by atoms with Gasteiger partial charge < -0.3 is 4.57 Å². The molecule has 3 nitrogen and oxygen atoms in total. The van der Waals surface area contributed by atoms with E-state index in [0.717, 1.165) is 18.0 Å². The molecule has 0 atom stereocenters. The highest BCUT2D eigenvalue weighted by molar-refractivity contribution is 5.55. The van der Waals surface area contributed by atoms with Gasteiger partial charge in [-0.15, -0.1) is 10.2 Å². The van der Waals surface area contributed by atoms with Crippen molar-refractivity contribution in [3.05, 3.63) is 35.7 Å². The summed E-state index contributed by atoms with van der Waals surface area (Å²) in [6.07, 6.45) is 0. The molecule has 5 heteroatoms. The molecule has 0 N–H and O–H groups in total. The summed E-state index contributed by atoms with van der Waals surface area (Å²) in [6, 6.07) is 3.72. The SMILES string of the molecule is CCn1c(C)nnc1-c1ccc(F)c(F)c1. The Morgan fingerprint density at radius 1 is 1.19 bits per heavy atom. The van der Waals surface area contributed by atoms with Gasteiger partial charge in [-0.2, -0.15) is 0 Å². The highest BCUT2D eigenvalue weighted by Gasteiger charge is 2.11. The predicted molar refractivity (Wildman–Crippen MR) is 55.8 cm³/mol. The lowest BCUT2D eigenvalue weighted by Crippen LogP contribution is -2.00. The second-order valence-electron chi connectivity index (χ2n) is 3.44. The van der Waals surface area contributed by atoms with Crippen LogP contribution in [0.3, 0.4) is 0 Å². The van der Waals surface area contributed by atoms with Gasteiger partial charge in [-0.3, -0.25) is 0 Å². The molecule has 16 heavy (non-hydrogen) atoms. The van der Waals surface area contributed by atoms with Crippen molar-refractivity contribution in [2.45, 2.75) is 20.4 Å². The van der Waals surface area contributed by atoms with Gasteiger partial charge in [0.2, 0.25) is 0 Å². The fraction of sp³-hybridized carbons (Fsp3) is 0.273. The van der Waals surface area contributed by atoms with Crippen LogP contribution in [0.2, 0.25) is 0 Å². The van der Waals surface area contributed by atoms with E-state index in [1.165, 1.54) is 6.07 Å². The summed E-state index contributed by atoms with van der Waals surface area (Å²) in [7, 11) is 0. The van der Waals surface area contributed by atoms with Gasteiger partial charge in [-0.25, -0.2) is 8.78 Å². The minimum Gasteiger partial charge on any atom is -0.312 e. The molecule has 0 bridgehead atoms. The first kappa shape index (κ1) is 10.7. The van der Waals surface area contributed by atoms with E-state index < -0.39 is 11.6 Å². The largest absolute Gasteiger partial charge is 0.312 e. The second-order valence-corrected chi connectivity index (χ2v) is 3.44. The zero-order valence-electron chi connectivity index (χ0n) is 9.04. The minimum absolute atomic E-state index is 0.529. The molecular formula is C11H11F2N3. The lowest BCUT2D eigenvalue weighted by molar-refractivity contribution is 0.509. The molecule has 2 aromatic rings. The van der Waals surface area contributed by atoms with Crippen LogP contribution in [0, 0.1) is 18.6 Å². The van der Waals surface area contributed by atoms with E-state index in [9.17, 15) is 8.78 Å². The molecule has 84 valence electrons. The fourth-order valence-corrected chi connectivity index (χ4v) is 1.61. The maximum Gasteiger partial charge on any atom is 0.164 e. The number of halogens is 2. The van der Waals surface area contributed by atoms with Crippen molar-refractivity contribution in [3.8, 4) is 11.4 Å². The Kier molecular flexibility index (Phi) is 2.68. The average Bonchev–Trinajstić information content (AvgIpc) is 2.63. The molecule has 0 saturated carbocycles. The normalized spacial score (nSPS) is 10.8. The molecule has 0 unspecified atom stereocenters. The molecule has 0 spiro atoms. The van der Waals surface area contributed by atoms with E-state index in [1.54, 1.807) is 0 Å². The summed E-state index contributed by atoms with van der Waals surface area (Å²) in [5.74, 6) is -0.426. The van der Waals surface area contributed by atoms with Crippen LogP contribution in [0.25, 0.3) is 11.4 Å². The van der Waals surface area contributed by atoms with Crippen molar-refractivity contribution in [3.63, 3.8) is 0 Å². The molecule has 1 aromatic carbocycles. The van der Waals surface area contributed by atoms with Gasteiger partial charge in [0.05, 0.1) is 0 Å². The Morgan fingerprint density at radius 3 is 2.56 bits per heavy atom. The molecule has 2 rings (SSSR count). The maximum atomic E-state index is 13.1. The lowest BCUT2D eigenvalue weighted by Gasteiger charge is -2.05. The lowest BCUT2D eigenvalue weighted by atomic mass is 10.2. The first-order valence-corrected chi connectivity index (χ1v) is 4.98. The van der Waals surface area contributed by atoms with Gasteiger partial charge in [0.25, 0.3) is 0 Å². The third kappa shape index (κ3) is 1.68. The summed E-state index contributed by atoms with van der Waals surface area (Å²) < 4.78 is 27.7. The van der Waals surface area contributed by atoms with Crippen LogP contribution in [0.15, 0.2) is 18.2 Å². The van der Waals surface area contributed by atoms with Crippen molar-refractivity contribution in [2.75, 3.05) is 0 Å². The monoisotopic (exact) mass is 223 g/mol. The van der Waals surface area contributed by atoms with Crippen LogP contribution in [-0.4, -0.2) is 14.8 Å². The van der Waals surface area contributed by atoms with E-state index in [1.807, 2.05) is 18.4 Å². The molecule has 0 aliphatic rings. The molecule has 1 aromatic heterocycles. The van der Waals surface area contributed by atoms with Gasteiger partial charge in [0.15, 0.2) is 17.5 Å². The van der Waals surface area contributed by atoms with Gasteiger partial charge >= 0.3 is 0 Å². The summed E-state index contributed by atoms with van der Waals surface area (Å²) in [5.41, 5.74) is 0.529. The third-order valence-corrected chi connectivity index (χ3v) is 2.43. The third-order valence-electron chi connectivity index (χ3n) is 2.43. The minimum atomic E-state index is -0.874. The van der Waals surface area contributed by atoms with E-state index in [2.05, 4.69) is 10.2 Å². The number of hydrogen-bond acceptors (Lipinski definition) is 2. The Hall–Kier alpha value is -1.78. The van der Waals surface area contributed by atoms with E-state index >= 15 is 0 Å². The maximum absolute atomic E-state index is 13.1. The highest BCUT2D eigenvalue weighted by Crippen LogP contribution is 2.20. The summed E-state index contributed by atoms with van der Waals surface area (Å²) >= 11 is 0. The van der Waals surface area contributed by atoms with E-state index in [-0.39, 0.29) is 0 Å². The standard InChI is InChI=1S/C11H11F2N3/c1-3-16-7(2)14-15-11(16)8-4-5-9(12)10(13)6-8/h4-6H,3H2,1-2H3. The number of aromatic nitrogens is 3. The summed E-state index contributed by atoms with van der Waals surface area (Å²) in [6.45, 7) is 4.45. The zero-order valence-corrected chi connectivity index (χ0v) is 9.04. The van der Waals surface area contributed by atoms with Crippen molar-refractivity contribution < 1.29 is 8.78 Å². The van der Waals surface area contributed by atoms with Gasteiger partial charge in [-0.1, -0.05) is 0 Å². The quantitative estimate of drug-likeness (QED) is 0.783. The average molecular weight is 223 g/mol. The number of nitrogens with zero attached hydrogens (tertiary/aromatic N) is 3. The van der Waals surface area contributed by atoms with Crippen molar-refractivity contribution >= 4 is 0 Å². The van der Waals surface area contributed by atoms with Crippen molar-refractivity contribution in [1.29, 1.82) is 0 Å². The molecule has 1 heterocycles. The number of hydrogen-bond donors (Lipinski definition) is 0. The Morgan fingerprint density at radius 2 is 1.94 bits per heavy atom. The number of benzene rings is 1. The number of aryl methyl sites for hydroxylation is 1. The molecule has 0 radical (unpaired) electrons. The molecule has 0 saturated heterocycles. The van der Waals surface area contributed by atoms with Crippen molar-refractivity contribution in [2.24, 2.45) is 0 Å². The molecule has 0 aliphatic heterocycles. The first-order chi connectivity index (χ1) is 7.63. The first-order valence-electron chi connectivity index (χ1n) is 4.98. The Balaban J connectivity index is 2.54. The topological polar surface area (TPSA) is 30.7 Å². The van der Waals surface area contributed by atoms with Crippen LogP contribution in [-0.2, 0) is 6.54 Å². The van der Waals surface area contributed by atoms with Crippen LogP contribution >= 0.6 is 0 Å². The second kappa shape index (κ2) is 4.00. The van der Waals surface area contributed by atoms with Crippen LogP contribution in [0.4, 0.5) is 8.78 Å². The van der Waals surface area contributed by atoms with Gasteiger partial charge in [0, 0.05) is 12.1 Å².